The molecule has 0 aromatic rings. The van der Waals surface area contributed by atoms with Gasteiger partial charge in [0.15, 0.2) is 5.96 Å². The van der Waals surface area contributed by atoms with Gasteiger partial charge in [0, 0.05) is 27.2 Å². The summed E-state index contributed by atoms with van der Waals surface area (Å²) in [6.45, 7) is 5.99. The van der Waals surface area contributed by atoms with E-state index < -0.39 is 0 Å². The van der Waals surface area contributed by atoms with Gasteiger partial charge in [-0.2, -0.15) is 0 Å². The summed E-state index contributed by atoms with van der Waals surface area (Å²) in [6, 6.07) is 0. The van der Waals surface area contributed by atoms with Gasteiger partial charge in [0.05, 0.1) is 0 Å². The molecule has 1 N–H and O–H groups in total. The van der Waals surface area contributed by atoms with E-state index in [9.17, 15) is 0 Å². The molecule has 3 nitrogen and oxygen atoms in total. The Kier molecular flexibility index (Phi) is 3.84. The zero-order valence-corrected chi connectivity index (χ0v) is 7.31. The number of guanidine groups is 1. The molecule has 60 valence electrons. The number of nitrogens with zero attached hydrogens (tertiary/aromatic N) is 2. The minimum Gasteiger partial charge on any atom is -0.344 e. The van der Waals surface area contributed by atoms with E-state index in [-0.39, 0.29) is 0 Å². The van der Waals surface area contributed by atoms with Crippen LogP contribution in [0.25, 0.3) is 0 Å². The molecule has 0 unspecified atom stereocenters. The molecule has 0 saturated carbocycles. The van der Waals surface area contributed by atoms with Crippen LogP contribution in [0.15, 0.2) is 0 Å². The second-order valence-corrected chi connectivity index (χ2v) is 2.17. The molecule has 1 aliphatic rings. The van der Waals surface area contributed by atoms with Gasteiger partial charge in [-0.05, 0) is 0 Å². The van der Waals surface area contributed by atoms with Crippen molar-refractivity contribution in [2.24, 2.45) is 0 Å². The van der Waals surface area contributed by atoms with Crippen LogP contribution in [0.2, 0.25) is 0 Å². The minimum atomic E-state index is 0.630. The summed E-state index contributed by atoms with van der Waals surface area (Å²) >= 11 is 0. The Labute approximate surface area is 63.1 Å². The second kappa shape index (κ2) is 4.14. The highest BCUT2D eigenvalue weighted by molar-refractivity contribution is 5.78. The first kappa shape index (κ1) is 9.27. The maximum absolute atomic E-state index is 7.31. The van der Waals surface area contributed by atoms with Crippen LogP contribution in [0.4, 0.5) is 0 Å². The van der Waals surface area contributed by atoms with Crippen molar-refractivity contribution in [1.82, 2.24) is 9.80 Å². The molecule has 1 rings (SSSR count). The van der Waals surface area contributed by atoms with Gasteiger partial charge >= 0.3 is 0 Å². The number of hydrogen-bond acceptors (Lipinski definition) is 1. The highest BCUT2D eigenvalue weighted by atomic mass is 15.4. The van der Waals surface area contributed by atoms with Gasteiger partial charge in [-0.1, -0.05) is 13.8 Å². The van der Waals surface area contributed by atoms with E-state index in [1.165, 1.54) is 0 Å². The SMILES string of the molecule is CC.CN1CCN(C)C1=N. The van der Waals surface area contributed by atoms with Crippen LogP contribution in [0.3, 0.4) is 0 Å². The zero-order chi connectivity index (χ0) is 8.15. The molecule has 1 aliphatic heterocycles. The summed E-state index contributed by atoms with van der Waals surface area (Å²) in [5.74, 6) is 0.630. The lowest BCUT2D eigenvalue weighted by Crippen LogP contribution is -2.26. The predicted molar refractivity (Wildman–Crippen MR) is 44.3 cm³/mol. The number of likely N-dealkylation sites (N-methyl/N-ethyl adjacent to an activating group) is 2. The third-order valence-corrected chi connectivity index (χ3v) is 1.49. The lowest BCUT2D eigenvalue weighted by molar-refractivity contribution is 0.553. The maximum atomic E-state index is 7.31. The lowest BCUT2D eigenvalue weighted by atomic mass is 10.6. The van der Waals surface area contributed by atoms with Crippen LogP contribution in [0, 0.1) is 5.41 Å². The molecule has 0 bridgehead atoms. The van der Waals surface area contributed by atoms with Gasteiger partial charge in [-0.15, -0.1) is 0 Å². The third kappa shape index (κ3) is 1.90. The van der Waals surface area contributed by atoms with E-state index in [4.69, 9.17) is 5.41 Å². The summed E-state index contributed by atoms with van der Waals surface area (Å²) in [4.78, 5) is 3.86. The molecule has 0 aliphatic carbocycles. The van der Waals surface area contributed by atoms with Crippen LogP contribution in [-0.4, -0.2) is 42.9 Å². The van der Waals surface area contributed by atoms with Crippen molar-refractivity contribution >= 4 is 5.96 Å². The Hall–Kier alpha value is -0.730. The van der Waals surface area contributed by atoms with E-state index in [2.05, 4.69) is 0 Å². The molecule has 10 heavy (non-hydrogen) atoms. The van der Waals surface area contributed by atoms with Crippen molar-refractivity contribution < 1.29 is 0 Å². The van der Waals surface area contributed by atoms with Crippen molar-refractivity contribution in [3.63, 3.8) is 0 Å². The van der Waals surface area contributed by atoms with E-state index >= 15 is 0 Å². The molecular weight excluding hydrogens is 126 g/mol. The molecule has 0 amide bonds. The van der Waals surface area contributed by atoms with Crippen molar-refractivity contribution in [3.05, 3.63) is 0 Å². The first-order valence-electron chi connectivity index (χ1n) is 3.72. The van der Waals surface area contributed by atoms with Crippen molar-refractivity contribution in [3.8, 4) is 0 Å². The Morgan fingerprint density at radius 2 is 1.40 bits per heavy atom. The van der Waals surface area contributed by atoms with Gasteiger partial charge in [-0.25, -0.2) is 0 Å². The Balaban J connectivity index is 0.000000371. The normalized spacial score (nSPS) is 17.0. The van der Waals surface area contributed by atoms with Crippen molar-refractivity contribution in [2.45, 2.75) is 13.8 Å². The molecule has 0 aromatic carbocycles. The zero-order valence-electron chi connectivity index (χ0n) is 7.31. The molecule has 0 atom stereocenters. The van der Waals surface area contributed by atoms with Crippen LogP contribution >= 0.6 is 0 Å². The largest absolute Gasteiger partial charge is 0.344 e. The van der Waals surface area contributed by atoms with Crippen molar-refractivity contribution in [1.29, 1.82) is 5.41 Å². The van der Waals surface area contributed by atoms with E-state index in [0.717, 1.165) is 13.1 Å². The Bertz CT molecular complexity index is 99.4. The number of rotatable bonds is 0. The van der Waals surface area contributed by atoms with Crippen LogP contribution in [0.1, 0.15) is 13.8 Å². The first-order valence-corrected chi connectivity index (χ1v) is 3.72. The summed E-state index contributed by atoms with van der Waals surface area (Å²) < 4.78 is 0. The summed E-state index contributed by atoms with van der Waals surface area (Å²) in [5.41, 5.74) is 0. The molecule has 1 fully saturated rings. The van der Waals surface area contributed by atoms with Crippen molar-refractivity contribution in [2.75, 3.05) is 27.2 Å². The molecule has 1 saturated heterocycles. The topological polar surface area (TPSA) is 30.3 Å². The molecule has 1 heterocycles. The van der Waals surface area contributed by atoms with Gasteiger partial charge in [0.1, 0.15) is 0 Å². The smallest absolute Gasteiger partial charge is 0.193 e. The second-order valence-electron chi connectivity index (χ2n) is 2.17. The summed E-state index contributed by atoms with van der Waals surface area (Å²) in [5, 5.41) is 7.31. The fourth-order valence-electron chi connectivity index (χ4n) is 0.803. The molecule has 0 aromatic heterocycles. The lowest BCUT2D eigenvalue weighted by Gasteiger charge is -2.11. The fraction of sp³-hybridized carbons (Fsp3) is 0.857. The highest BCUT2D eigenvalue weighted by Gasteiger charge is 2.16. The Morgan fingerprint density at radius 3 is 1.50 bits per heavy atom. The summed E-state index contributed by atoms with van der Waals surface area (Å²) in [6.07, 6.45) is 0. The highest BCUT2D eigenvalue weighted by Crippen LogP contribution is 1.99. The van der Waals surface area contributed by atoms with Crippen LogP contribution in [-0.2, 0) is 0 Å². The molecule has 0 radical (unpaired) electrons. The fourth-order valence-corrected chi connectivity index (χ4v) is 0.803. The summed E-state index contributed by atoms with van der Waals surface area (Å²) in [7, 11) is 3.87. The van der Waals surface area contributed by atoms with E-state index in [0.29, 0.717) is 5.96 Å². The average Bonchev–Trinajstić information content (AvgIpc) is 2.25. The first-order chi connectivity index (χ1) is 4.72. The maximum Gasteiger partial charge on any atom is 0.193 e. The predicted octanol–water partition coefficient (Wildman–Crippen LogP) is 0.825. The third-order valence-electron chi connectivity index (χ3n) is 1.49. The van der Waals surface area contributed by atoms with E-state index in [1.54, 1.807) is 0 Å². The Morgan fingerprint density at radius 1 is 1.10 bits per heavy atom. The average molecular weight is 143 g/mol. The van der Waals surface area contributed by atoms with Crippen LogP contribution < -0.4 is 0 Å². The molecule has 3 heteroatoms. The van der Waals surface area contributed by atoms with Gasteiger partial charge in [-0.3, -0.25) is 5.41 Å². The number of nitrogens with one attached hydrogen (secondary N) is 1. The van der Waals surface area contributed by atoms with Crippen LogP contribution in [0.5, 0.6) is 0 Å². The quantitative estimate of drug-likeness (QED) is 0.544. The van der Waals surface area contributed by atoms with Gasteiger partial charge in [0.2, 0.25) is 0 Å². The minimum absolute atomic E-state index is 0.630. The van der Waals surface area contributed by atoms with Gasteiger partial charge < -0.3 is 9.80 Å². The molecular formula is C7H17N3. The standard InChI is InChI=1S/C5H11N3.C2H6/c1-7-3-4-8(2)5(7)6;1-2/h6H,3-4H2,1-2H3;1-2H3. The van der Waals surface area contributed by atoms with Gasteiger partial charge in [0.25, 0.3) is 0 Å². The number of hydrogen-bond donors (Lipinski definition) is 1. The molecule has 0 spiro atoms. The monoisotopic (exact) mass is 143 g/mol. The van der Waals surface area contributed by atoms with E-state index in [1.807, 2.05) is 37.7 Å².